The van der Waals surface area contributed by atoms with E-state index in [1.54, 1.807) is 0 Å². The van der Waals surface area contributed by atoms with Gasteiger partial charge < -0.3 is 20.8 Å². The average molecular weight is 294 g/mol. The molecule has 0 heterocycles. The maximum atomic E-state index is 11.7. The molecular formula is C15H22N2O4. The summed E-state index contributed by atoms with van der Waals surface area (Å²) in [5.74, 6) is -0.948. The fraction of sp³-hybridized carbons (Fsp3) is 0.467. The molecule has 116 valence electrons. The van der Waals surface area contributed by atoms with Crippen LogP contribution in [0.25, 0.3) is 0 Å². The minimum absolute atomic E-state index is 0.0770. The van der Waals surface area contributed by atoms with E-state index in [1.165, 1.54) is 0 Å². The third-order valence-electron chi connectivity index (χ3n) is 3.00. The van der Waals surface area contributed by atoms with Crippen molar-refractivity contribution in [1.29, 1.82) is 0 Å². The van der Waals surface area contributed by atoms with E-state index < -0.39 is 5.97 Å². The van der Waals surface area contributed by atoms with E-state index in [1.807, 2.05) is 30.3 Å². The fourth-order valence-corrected chi connectivity index (χ4v) is 1.98. The molecule has 0 saturated heterocycles. The fourth-order valence-electron chi connectivity index (χ4n) is 1.98. The molecule has 0 bridgehead atoms. The first-order chi connectivity index (χ1) is 10.1. The number of nitrogens with one attached hydrogen (secondary N) is 2. The molecule has 0 radical (unpaired) electrons. The molecular weight excluding hydrogens is 272 g/mol. The van der Waals surface area contributed by atoms with Crippen molar-refractivity contribution in [3.8, 4) is 0 Å². The molecule has 0 fully saturated rings. The number of aliphatic carboxylic acids is 1. The summed E-state index contributed by atoms with van der Waals surface area (Å²) in [7, 11) is 0. The van der Waals surface area contributed by atoms with Gasteiger partial charge in [0.2, 0.25) is 0 Å². The van der Waals surface area contributed by atoms with Crippen LogP contribution >= 0.6 is 0 Å². The highest BCUT2D eigenvalue weighted by atomic mass is 16.4. The highest BCUT2D eigenvalue weighted by molar-refractivity contribution is 5.75. The minimum atomic E-state index is -0.948. The van der Waals surface area contributed by atoms with Crippen molar-refractivity contribution in [3.05, 3.63) is 35.9 Å². The Morgan fingerprint density at radius 2 is 1.90 bits per heavy atom. The lowest BCUT2D eigenvalue weighted by atomic mass is 10.0. The van der Waals surface area contributed by atoms with Crippen molar-refractivity contribution in [2.45, 2.75) is 31.7 Å². The van der Waals surface area contributed by atoms with Crippen LogP contribution in [0.1, 0.15) is 24.8 Å². The van der Waals surface area contributed by atoms with Crippen LogP contribution in [0.2, 0.25) is 0 Å². The summed E-state index contributed by atoms with van der Waals surface area (Å²) < 4.78 is 0. The number of hydrogen-bond donors (Lipinski definition) is 4. The van der Waals surface area contributed by atoms with Gasteiger partial charge in [0, 0.05) is 19.2 Å². The summed E-state index contributed by atoms with van der Waals surface area (Å²) in [6.45, 7) is 0.173. The summed E-state index contributed by atoms with van der Waals surface area (Å²) in [4.78, 5) is 22.1. The number of carboxylic acid groups (broad SMARTS) is 1. The Kier molecular flexibility index (Phi) is 7.89. The van der Waals surface area contributed by atoms with Gasteiger partial charge in [-0.05, 0) is 24.8 Å². The number of rotatable bonds is 9. The molecule has 0 aromatic heterocycles. The lowest BCUT2D eigenvalue weighted by Gasteiger charge is -2.19. The number of benzene rings is 1. The van der Waals surface area contributed by atoms with Gasteiger partial charge in [-0.25, -0.2) is 4.79 Å². The van der Waals surface area contributed by atoms with Gasteiger partial charge in [-0.2, -0.15) is 0 Å². The van der Waals surface area contributed by atoms with Gasteiger partial charge in [0.1, 0.15) is 0 Å². The van der Waals surface area contributed by atoms with Crippen LogP contribution in [0.5, 0.6) is 0 Å². The normalized spacial score (nSPS) is 11.7. The highest BCUT2D eigenvalue weighted by Gasteiger charge is 2.12. The molecule has 0 spiro atoms. The predicted molar refractivity (Wildman–Crippen MR) is 79.0 cm³/mol. The number of carboxylic acids is 1. The molecule has 4 N–H and O–H groups in total. The Labute approximate surface area is 124 Å². The average Bonchev–Trinajstić information content (AvgIpc) is 2.45. The second-order valence-corrected chi connectivity index (χ2v) is 4.80. The molecule has 0 aliphatic rings. The first kappa shape index (κ1) is 17.0. The molecule has 2 amide bonds. The largest absolute Gasteiger partial charge is 0.481 e. The van der Waals surface area contributed by atoms with Crippen molar-refractivity contribution in [2.75, 3.05) is 13.2 Å². The van der Waals surface area contributed by atoms with Gasteiger partial charge >= 0.3 is 12.0 Å². The van der Waals surface area contributed by atoms with E-state index in [0.29, 0.717) is 19.3 Å². The van der Waals surface area contributed by atoms with Gasteiger partial charge in [0.05, 0.1) is 6.42 Å². The Hall–Kier alpha value is -2.08. The lowest BCUT2D eigenvalue weighted by Crippen LogP contribution is -2.43. The van der Waals surface area contributed by atoms with E-state index in [4.69, 9.17) is 10.2 Å². The van der Waals surface area contributed by atoms with Crippen LogP contribution in [0.15, 0.2) is 30.3 Å². The second kappa shape index (κ2) is 9.77. The Morgan fingerprint density at radius 1 is 1.19 bits per heavy atom. The van der Waals surface area contributed by atoms with Crippen LogP contribution in [0.3, 0.4) is 0 Å². The van der Waals surface area contributed by atoms with Crippen molar-refractivity contribution >= 4 is 12.0 Å². The molecule has 1 rings (SSSR count). The summed E-state index contributed by atoms with van der Waals surface area (Å²) in [5, 5.41) is 22.8. The van der Waals surface area contributed by atoms with Crippen LogP contribution in [0, 0.1) is 0 Å². The van der Waals surface area contributed by atoms with Gasteiger partial charge in [0.25, 0.3) is 0 Å². The molecule has 6 nitrogen and oxygen atoms in total. The van der Waals surface area contributed by atoms with Crippen molar-refractivity contribution in [1.82, 2.24) is 10.6 Å². The zero-order valence-corrected chi connectivity index (χ0v) is 11.9. The van der Waals surface area contributed by atoms with Crippen molar-refractivity contribution in [3.63, 3.8) is 0 Å². The smallest absolute Gasteiger partial charge is 0.315 e. The molecule has 1 aromatic carbocycles. The van der Waals surface area contributed by atoms with Crippen LogP contribution in [-0.4, -0.2) is 41.4 Å². The minimum Gasteiger partial charge on any atom is -0.481 e. The molecule has 1 aromatic rings. The standard InChI is InChI=1S/C15H22N2O4/c18-10-4-7-13(11-12-5-2-1-3-6-12)17-15(21)16-9-8-14(19)20/h1-3,5-6,13,18H,4,7-11H2,(H,19,20)(H2,16,17,21). The summed E-state index contributed by atoms with van der Waals surface area (Å²) >= 11 is 0. The SMILES string of the molecule is O=C(O)CCNC(=O)NC(CCCO)Cc1ccccc1. The molecule has 6 heteroatoms. The number of aliphatic hydroxyl groups excluding tert-OH is 1. The Balaban J connectivity index is 2.45. The monoisotopic (exact) mass is 294 g/mol. The van der Waals surface area contributed by atoms with Crippen molar-refractivity contribution in [2.24, 2.45) is 0 Å². The molecule has 0 aliphatic carbocycles. The number of urea groups is 1. The molecule has 0 saturated carbocycles. The molecule has 0 aliphatic heterocycles. The number of amides is 2. The van der Waals surface area contributed by atoms with Gasteiger partial charge in [-0.3, -0.25) is 4.79 Å². The van der Waals surface area contributed by atoms with E-state index >= 15 is 0 Å². The van der Waals surface area contributed by atoms with Gasteiger partial charge in [-0.1, -0.05) is 30.3 Å². The summed E-state index contributed by atoms with van der Waals surface area (Å²) in [5.41, 5.74) is 1.10. The number of carbonyl (C=O) groups is 2. The van der Waals surface area contributed by atoms with Crippen molar-refractivity contribution < 1.29 is 19.8 Å². The lowest BCUT2D eigenvalue weighted by molar-refractivity contribution is -0.136. The zero-order chi connectivity index (χ0) is 15.5. The molecule has 1 unspecified atom stereocenters. The topological polar surface area (TPSA) is 98.7 Å². The first-order valence-corrected chi connectivity index (χ1v) is 7.02. The quantitative estimate of drug-likeness (QED) is 0.549. The maximum Gasteiger partial charge on any atom is 0.315 e. The van der Waals surface area contributed by atoms with Crippen LogP contribution in [-0.2, 0) is 11.2 Å². The van der Waals surface area contributed by atoms with Gasteiger partial charge in [-0.15, -0.1) is 0 Å². The van der Waals surface area contributed by atoms with E-state index in [2.05, 4.69) is 10.6 Å². The number of aliphatic hydroxyl groups is 1. The van der Waals surface area contributed by atoms with Gasteiger partial charge in [0.15, 0.2) is 0 Å². The zero-order valence-electron chi connectivity index (χ0n) is 11.9. The van der Waals surface area contributed by atoms with Crippen LogP contribution in [0.4, 0.5) is 4.79 Å². The highest BCUT2D eigenvalue weighted by Crippen LogP contribution is 2.07. The number of carbonyl (C=O) groups excluding carboxylic acids is 1. The maximum absolute atomic E-state index is 11.7. The Bertz CT molecular complexity index is 437. The third kappa shape index (κ3) is 7.94. The molecule has 21 heavy (non-hydrogen) atoms. The Morgan fingerprint density at radius 3 is 2.52 bits per heavy atom. The van der Waals surface area contributed by atoms with E-state index in [0.717, 1.165) is 5.56 Å². The first-order valence-electron chi connectivity index (χ1n) is 7.02. The second-order valence-electron chi connectivity index (χ2n) is 4.80. The summed E-state index contributed by atoms with van der Waals surface area (Å²) in [6, 6.07) is 9.29. The van der Waals surface area contributed by atoms with E-state index in [-0.39, 0.29) is 31.6 Å². The van der Waals surface area contributed by atoms with Crippen LogP contribution < -0.4 is 10.6 Å². The third-order valence-corrected chi connectivity index (χ3v) is 3.00. The molecule has 1 atom stereocenters. The predicted octanol–water partition coefficient (Wildman–Crippen LogP) is 1.14. The van der Waals surface area contributed by atoms with E-state index in [9.17, 15) is 9.59 Å². The summed E-state index contributed by atoms with van der Waals surface area (Å²) in [6.07, 6.45) is 1.84. The number of hydrogen-bond acceptors (Lipinski definition) is 3.